The number of oxazole rings is 1. The van der Waals surface area contributed by atoms with Crippen LogP contribution in [0.4, 0.5) is 5.82 Å². The molecule has 4 rings (SSSR count). The molecule has 0 radical (unpaired) electrons. The van der Waals surface area contributed by atoms with Crippen LogP contribution >= 0.6 is 0 Å². The first-order chi connectivity index (χ1) is 12.6. The summed E-state index contributed by atoms with van der Waals surface area (Å²) < 4.78 is 5.85. The van der Waals surface area contributed by atoms with Crippen molar-refractivity contribution in [3.8, 4) is 0 Å². The van der Waals surface area contributed by atoms with Crippen LogP contribution in [-0.2, 0) is 6.54 Å². The lowest BCUT2D eigenvalue weighted by Gasteiger charge is -2.35. The summed E-state index contributed by atoms with van der Waals surface area (Å²) in [7, 11) is 0. The molecule has 0 N–H and O–H groups in total. The van der Waals surface area contributed by atoms with Gasteiger partial charge in [-0.1, -0.05) is 26.0 Å². The number of aryl methyl sites for hydroxylation is 1. The molecular formula is C20H25N5O. The second-order valence-electron chi connectivity index (χ2n) is 7.22. The zero-order valence-electron chi connectivity index (χ0n) is 15.6. The highest BCUT2D eigenvalue weighted by Crippen LogP contribution is 2.20. The van der Waals surface area contributed by atoms with Crippen LogP contribution in [0.15, 0.2) is 34.7 Å². The Hall–Kier alpha value is -2.47. The molecule has 0 amide bonds. The Morgan fingerprint density at radius 3 is 2.54 bits per heavy atom. The van der Waals surface area contributed by atoms with Crippen LogP contribution in [0.5, 0.6) is 0 Å². The van der Waals surface area contributed by atoms with Crippen molar-refractivity contribution in [1.29, 1.82) is 0 Å². The van der Waals surface area contributed by atoms with Crippen LogP contribution in [0, 0.1) is 6.92 Å². The number of para-hydroxylation sites is 2. The van der Waals surface area contributed by atoms with Gasteiger partial charge in [-0.25, -0.2) is 15.0 Å². The van der Waals surface area contributed by atoms with Crippen molar-refractivity contribution in [2.75, 3.05) is 31.1 Å². The molecule has 0 spiro atoms. The lowest BCUT2D eigenvalue weighted by molar-refractivity contribution is 0.228. The number of fused-ring (bicyclic) bond motifs is 1. The molecule has 136 valence electrons. The molecule has 0 saturated carbocycles. The van der Waals surface area contributed by atoms with Crippen molar-refractivity contribution in [1.82, 2.24) is 19.9 Å². The average Bonchev–Trinajstić information content (AvgIpc) is 3.04. The lowest BCUT2D eigenvalue weighted by Crippen LogP contribution is -2.46. The van der Waals surface area contributed by atoms with E-state index in [2.05, 4.69) is 39.7 Å². The van der Waals surface area contributed by atoms with E-state index < -0.39 is 0 Å². The standard InChI is InChI=1S/C20H25N5O/c1-14(2)20-21-15(3)12-18(23-20)25-10-8-24(9-11-25)13-19-22-16-6-4-5-7-17(16)26-19/h4-7,12,14H,8-11,13H2,1-3H3. The van der Waals surface area contributed by atoms with E-state index in [9.17, 15) is 0 Å². The Labute approximate surface area is 153 Å². The maximum absolute atomic E-state index is 5.85. The highest BCUT2D eigenvalue weighted by atomic mass is 16.3. The summed E-state index contributed by atoms with van der Waals surface area (Å²) in [5.41, 5.74) is 2.82. The molecule has 1 aliphatic heterocycles. The number of anilines is 1. The fraction of sp³-hybridized carbons (Fsp3) is 0.450. The maximum Gasteiger partial charge on any atom is 0.209 e. The third kappa shape index (κ3) is 3.55. The summed E-state index contributed by atoms with van der Waals surface area (Å²) in [6, 6.07) is 10.0. The fourth-order valence-corrected chi connectivity index (χ4v) is 3.31. The van der Waals surface area contributed by atoms with Crippen LogP contribution in [0.2, 0.25) is 0 Å². The van der Waals surface area contributed by atoms with Crippen molar-refractivity contribution in [2.45, 2.75) is 33.2 Å². The number of hydrogen-bond donors (Lipinski definition) is 0. The predicted octanol–water partition coefficient (Wildman–Crippen LogP) is 3.37. The minimum absolute atomic E-state index is 0.342. The van der Waals surface area contributed by atoms with Gasteiger partial charge in [0.15, 0.2) is 5.58 Å². The van der Waals surface area contributed by atoms with Gasteiger partial charge in [0.2, 0.25) is 5.89 Å². The maximum atomic E-state index is 5.85. The van der Waals surface area contributed by atoms with Crippen LogP contribution in [0.25, 0.3) is 11.1 Å². The molecule has 2 aromatic heterocycles. The number of benzene rings is 1. The van der Waals surface area contributed by atoms with Gasteiger partial charge in [-0.05, 0) is 19.1 Å². The smallest absolute Gasteiger partial charge is 0.209 e. The zero-order valence-corrected chi connectivity index (χ0v) is 15.6. The van der Waals surface area contributed by atoms with Crippen LogP contribution < -0.4 is 4.90 Å². The second kappa shape index (κ2) is 7.03. The van der Waals surface area contributed by atoms with E-state index in [1.165, 1.54) is 0 Å². The van der Waals surface area contributed by atoms with E-state index in [0.29, 0.717) is 5.92 Å². The lowest BCUT2D eigenvalue weighted by atomic mass is 10.2. The third-order valence-corrected chi connectivity index (χ3v) is 4.77. The molecule has 1 fully saturated rings. The number of nitrogens with zero attached hydrogens (tertiary/aromatic N) is 5. The number of aromatic nitrogens is 3. The first-order valence-electron chi connectivity index (χ1n) is 9.26. The molecule has 3 heterocycles. The number of piperazine rings is 1. The Morgan fingerprint density at radius 2 is 1.81 bits per heavy atom. The molecule has 1 saturated heterocycles. The van der Waals surface area contributed by atoms with Gasteiger partial charge >= 0.3 is 0 Å². The fourth-order valence-electron chi connectivity index (χ4n) is 3.31. The van der Waals surface area contributed by atoms with Crippen LogP contribution in [0.1, 0.15) is 37.2 Å². The van der Waals surface area contributed by atoms with E-state index in [-0.39, 0.29) is 0 Å². The molecule has 6 heteroatoms. The number of rotatable bonds is 4. The molecule has 1 aliphatic rings. The SMILES string of the molecule is Cc1cc(N2CCN(Cc3nc4ccccc4o3)CC2)nc(C(C)C)n1. The Morgan fingerprint density at radius 1 is 1.04 bits per heavy atom. The minimum atomic E-state index is 0.342. The van der Waals surface area contributed by atoms with E-state index in [1.54, 1.807) is 0 Å². The van der Waals surface area contributed by atoms with Crippen molar-refractivity contribution in [3.63, 3.8) is 0 Å². The van der Waals surface area contributed by atoms with E-state index in [4.69, 9.17) is 9.40 Å². The molecule has 0 unspecified atom stereocenters. The summed E-state index contributed by atoms with van der Waals surface area (Å²) in [5.74, 6) is 3.10. The largest absolute Gasteiger partial charge is 0.439 e. The van der Waals surface area contributed by atoms with E-state index >= 15 is 0 Å². The second-order valence-corrected chi connectivity index (χ2v) is 7.22. The van der Waals surface area contributed by atoms with Crippen molar-refractivity contribution in [2.24, 2.45) is 0 Å². The van der Waals surface area contributed by atoms with Gasteiger partial charge in [0, 0.05) is 43.9 Å². The molecule has 26 heavy (non-hydrogen) atoms. The quantitative estimate of drug-likeness (QED) is 0.718. The van der Waals surface area contributed by atoms with Gasteiger partial charge < -0.3 is 9.32 Å². The monoisotopic (exact) mass is 351 g/mol. The molecule has 6 nitrogen and oxygen atoms in total. The molecule has 1 aromatic carbocycles. The van der Waals surface area contributed by atoms with E-state index in [0.717, 1.165) is 67.1 Å². The summed E-state index contributed by atoms with van der Waals surface area (Å²) in [6.45, 7) is 10.9. The molecule has 0 bridgehead atoms. The highest BCUT2D eigenvalue weighted by Gasteiger charge is 2.21. The van der Waals surface area contributed by atoms with Gasteiger partial charge in [-0.3, -0.25) is 4.90 Å². The third-order valence-electron chi connectivity index (χ3n) is 4.77. The summed E-state index contributed by atoms with van der Waals surface area (Å²) in [5, 5.41) is 0. The van der Waals surface area contributed by atoms with Crippen LogP contribution in [-0.4, -0.2) is 46.0 Å². The van der Waals surface area contributed by atoms with Gasteiger partial charge in [-0.15, -0.1) is 0 Å². The normalized spacial score (nSPS) is 15.9. The van der Waals surface area contributed by atoms with Crippen molar-refractivity contribution >= 4 is 16.9 Å². The summed E-state index contributed by atoms with van der Waals surface area (Å²) in [6.07, 6.45) is 0. The molecule has 0 aliphatic carbocycles. The minimum Gasteiger partial charge on any atom is -0.439 e. The highest BCUT2D eigenvalue weighted by molar-refractivity contribution is 5.72. The van der Waals surface area contributed by atoms with Crippen molar-refractivity contribution in [3.05, 3.63) is 47.7 Å². The van der Waals surface area contributed by atoms with Gasteiger partial charge in [-0.2, -0.15) is 0 Å². The average molecular weight is 351 g/mol. The molecular weight excluding hydrogens is 326 g/mol. The van der Waals surface area contributed by atoms with Crippen molar-refractivity contribution < 1.29 is 4.42 Å². The topological polar surface area (TPSA) is 58.3 Å². The first-order valence-corrected chi connectivity index (χ1v) is 9.26. The molecule has 0 atom stereocenters. The molecule has 3 aromatic rings. The van der Waals surface area contributed by atoms with E-state index in [1.807, 2.05) is 31.2 Å². The Kier molecular flexibility index (Phi) is 4.59. The number of hydrogen-bond acceptors (Lipinski definition) is 6. The zero-order chi connectivity index (χ0) is 18.1. The summed E-state index contributed by atoms with van der Waals surface area (Å²) >= 11 is 0. The summed E-state index contributed by atoms with van der Waals surface area (Å²) in [4.78, 5) is 18.6. The van der Waals surface area contributed by atoms with Gasteiger partial charge in [0.1, 0.15) is 17.2 Å². The first kappa shape index (κ1) is 17.0. The predicted molar refractivity (Wildman–Crippen MR) is 102 cm³/mol. The van der Waals surface area contributed by atoms with Crippen LogP contribution in [0.3, 0.4) is 0 Å². The Balaban J connectivity index is 1.41. The van der Waals surface area contributed by atoms with Gasteiger partial charge in [0.25, 0.3) is 0 Å². The van der Waals surface area contributed by atoms with Gasteiger partial charge in [0.05, 0.1) is 6.54 Å². The Bertz CT molecular complexity index is 863.